The molecule has 1 aliphatic carbocycles. The van der Waals surface area contributed by atoms with Crippen LogP contribution in [0.3, 0.4) is 0 Å². The van der Waals surface area contributed by atoms with Gasteiger partial charge in [-0.05, 0) is 44.6 Å². The van der Waals surface area contributed by atoms with Gasteiger partial charge in [-0.25, -0.2) is 0 Å². The van der Waals surface area contributed by atoms with Crippen molar-refractivity contribution in [2.45, 2.75) is 65.7 Å². The van der Waals surface area contributed by atoms with Crippen molar-refractivity contribution in [2.75, 3.05) is 13.1 Å². The van der Waals surface area contributed by atoms with E-state index in [1.807, 2.05) is 0 Å². The Labute approximate surface area is 128 Å². The molecule has 2 atom stereocenters. The quantitative estimate of drug-likeness (QED) is 0.904. The van der Waals surface area contributed by atoms with Crippen LogP contribution in [0, 0.1) is 18.8 Å². The summed E-state index contributed by atoms with van der Waals surface area (Å²) in [7, 11) is 0. The van der Waals surface area contributed by atoms with Gasteiger partial charge in [0, 0.05) is 38.3 Å². The number of aryl methyl sites for hydroxylation is 2. The van der Waals surface area contributed by atoms with Crippen LogP contribution in [-0.2, 0) is 13.1 Å². The highest BCUT2D eigenvalue weighted by molar-refractivity contribution is 5.10. The number of aromatic nitrogens is 2. The first kappa shape index (κ1) is 15.0. The maximum Gasteiger partial charge on any atom is 0.0597 e. The zero-order valence-electron chi connectivity index (χ0n) is 14.0. The fraction of sp³-hybridized carbons (Fsp3) is 0.824. The molecule has 4 nitrogen and oxygen atoms in total. The summed E-state index contributed by atoms with van der Waals surface area (Å²) in [6.07, 6.45) is 2.84. The third kappa shape index (κ3) is 3.32. The summed E-state index contributed by atoms with van der Waals surface area (Å²) >= 11 is 0. The van der Waals surface area contributed by atoms with E-state index in [2.05, 4.69) is 53.8 Å². The summed E-state index contributed by atoms with van der Waals surface area (Å²) in [4.78, 5) is 2.70. The van der Waals surface area contributed by atoms with Gasteiger partial charge in [0.2, 0.25) is 0 Å². The molecule has 0 bridgehead atoms. The van der Waals surface area contributed by atoms with Crippen LogP contribution in [0.4, 0.5) is 0 Å². The number of hydrogen-bond acceptors (Lipinski definition) is 3. The fourth-order valence-electron chi connectivity index (χ4n) is 3.72. The minimum Gasteiger partial charge on any atom is -0.311 e. The Bertz CT molecular complexity index is 475. The maximum atomic E-state index is 4.61. The summed E-state index contributed by atoms with van der Waals surface area (Å²) in [6, 6.07) is 3.61. The van der Waals surface area contributed by atoms with Crippen LogP contribution in [0.5, 0.6) is 0 Å². The summed E-state index contributed by atoms with van der Waals surface area (Å²) in [5.41, 5.74) is 2.51. The van der Waals surface area contributed by atoms with E-state index in [1.54, 1.807) is 0 Å². The van der Waals surface area contributed by atoms with Gasteiger partial charge in [0.15, 0.2) is 0 Å². The van der Waals surface area contributed by atoms with E-state index >= 15 is 0 Å². The molecule has 2 aliphatic rings. The van der Waals surface area contributed by atoms with Crippen LogP contribution in [0.2, 0.25) is 0 Å². The van der Waals surface area contributed by atoms with Crippen molar-refractivity contribution in [3.05, 3.63) is 17.5 Å². The molecule has 0 spiro atoms. The first-order valence-corrected chi connectivity index (χ1v) is 8.59. The van der Waals surface area contributed by atoms with Gasteiger partial charge in [-0.1, -0.05) is 13.8 Å². The topological polar surface area (TPSA) is 33.1 Å². The Hall–Kier alpha value is -0.870. The van der Waals surface area contributed by atoms with Crippen LogP contribution in [0.25, 0.3) is 0 Å². The molecule has 1 aromatic heterocycles. The number of rotatable bonds is 5. The number of hydrogen-bond donors (Lipinski definition) is 1. The minimum absolute atomic E-state index is 0.639. The second-order valence-corrected chi connectivity index (χ2v) is 7.19. The van der Waals surface area contributed by atoms with Crippen molar-refractivity contribution in [1.82, 2.24) is 20.0 Å². The van der Waals surface area contributed by atoms with E-state index in [0.717, 1.165) is 31.2 Å². The molecule has 2 fully saturated rings. The van der Waals surface area contributed by atoms with Crippen LogP contribution in [0.15, 0.2) is 6.07 Å². The van der Waals surface area contributed by atoms with Crippen LogP contribution in [-0.4, -0.2) is 39.9 Å². The zero-order chi connectivity index (χ0) is 15.0. The van der Waals surface area contributed by atoms with Crippen molar-refractivity contribution in [1.29, 1.82) is 0 Å². The molecule has 118 valence electrons. The second kappa shape index (κ2) is 6.09. The van der Waals surface area contributed by atoms with E-state index in [4.69, 9.17) is 0 Å². The van der Waals surface area contributed by atoms with E-state index in [-0.39, 0.29) is 0 Å². The number of nitrogens with zero attached hydrogens (tertiary/aromatic N) is 3. The Morgan fingerprint density at radius 3 is 2.76 bits per heavy atom. The predicted octanol–water partition coefficient (Wildman–Crippen LogP) is 2.42. The lowest BCUT2D eigenvalue weighted by molar-refractivity contribution is 0.0826. The van der Waals surface area contributed by atoms with E-state index in [9.17, 15) is 0 Å². The normalized spacial score (nSPS) is 27.5. The van der Waals surface area contributed by atoms with Crippen molar-refractivity contribution in [3.8, 4) is 0 Å². The summed E-state index contributed by atoms with van der Waals surface area (Å²) in [5.74, 6) is 1.62. The molecule has 1 aliphatic heterocycles. The molecule has 0 radical (unpaired) electrons. The molecule has 0 amide bonds. The first-order chi connectivity index (χ1) is 10.1. The summed E-state index contributed by atoms with van der Waals surface area (Å²) in [5, 5.41) is 8.40. The van der Waals surface area contributed by atoms with E-state index in [1.165, 1.54) is 25.1 Å². The van der Waals surface area contributed by atoms with Crippen molar-refractivity contribution in [3.63, 3.8) is 0 Å². The van der Waals surface area contributed by atoms with Gasteiger partial charge in [-0.15, -0.1) is 0 Å². The van der Waals surface area contributed by atoms with Gasteiger partial charge in [0.05, 0.1) is 11.4 Å². The molecule has 0 aromatic carbocycles. The first-order valence-electron chi connectivity index (χ1n) is 8.59. The van der Waals surface area contributed by atoms with Crippen LogP contribution < -0.4 is 5.32 Å². The van der Waals surface area contributed by atoms with Gasteiger partial charge < -0.3 is 5.32 Å². The zero-order valence-corrected chi connectivity index (χ0v) is 14.0. The van der Waals surface area contributed by atoms with Crippen molar-refractivity contribution < 1.29 is 0 Å². The van der Waals surface area contributed by atoms with Gasteiger partial charge in [0.25, 0.3) is 0 Å². The third-order valence-electron chi connectivity index (χ3n) is 5.10. The monoisotopic (exact) mass is 290 g/mol. The van der Waals surface area contributed by atoms with Gasteiger partial charge in [-0.3, -0.25) is 9.58 Å². The molecular formula is C17H30N4. The van der Waals surface area contributed by atoms with Gasteiger partial charge in [0.1, 0.15) is 0 Å². The predicted molar refractivity (Wildman–Crippen MR) is 86.2 cm³/mol. The maximum absolute atomic E-state index is 4.61. The van der Waals surface area contributed by atoms with Crippen molar-refractivity contribution in [2.24, 2.45) is 11.8 Å². The molecule has 4 heteroatoms. The average molecular weight is 290 g/mol. The molecule has 1 saturated heterocycles. The summed E-state index contributed by atoms with van der Waals surface area (Å²) in [6.45, 7) is 13.3. The molecule has 21 heavy (non-hydrogen) atoms. The van der Waals surface area contributed by atoms with E-state index < -0.39 is 0 Å². The Kier molecular flexibility index (Phi) is 4.36. The number of piperazine rings is 1. The highest BCUT2D eigenvalue weighted by Crippen LogP contribution is 2.35. The standard InChI is InChI=1S/C17H30N4/c1-5-21-15(8-13(4)19-21)10-20-11-16(14-6-7-14)18-9-17(20)12(2)3/h8,12,14,16-18H,5-7,9-11H2,1-4H3. The van der Waals surface area contributed by atoms with Crippen LogP contribution >= 0.6 is 0 Å². The molecule has 1 saturated carbocycles. The average Bonchev–Trinajstić information content (AvgIpc) is 3.23. The smallest absolute Gasteiger partial charge is 0.0597 e. The number of nitrogens with one attached hydrogen (secondary N) is 1. The Balaban J connectivity index is 1.74. The third-order valence-corrected chi connectivity index (χ3v) is 5.10. The van der Waals surface area contributed by atoms with Crippen molar-refractivity contribution >= 4 is 0 Å². The molecular weight excluding hydrogens is 260 g/mol. The molecule has 2 unspecified atom stereocenters. The molecule has 2 heterocycles. The Morgan fingerprint density at radius 1 is 1.38 bits per heavy atom. The van der Waals surface area contributed by atoms with E-state index in [0.29, 0.717) is 18.0 Å². The van der Waals surface area contributed by atoms with Gasteiger partial charge in [-0.2, -0.15) is 5.10 Å². The molecule has 1 N–H and O–H groups in total. The largest absolute Gasteiger partial charge is 0.311 e. The SMILES string of the molecule is CCn1nc(C)cc1CN1CC(C2CC2)NCC1C(C)C. The lowest BCUT2D eigenvalue weighted by Gasteiger charge is -2.42. The minimum atomic E-state index is 0.639. The lowest BCUT2D eigenvalue weighted by Crippen LogP contribution is -2.58. The Morgan fingerprint density at radius 2 is 2.14 bits per heavy atom. The summed E-state index contributed by atoms with van der Waals surface area (Å²) < 4.78 is 2.17. The second-order valence-electron chi connectivity index (χ2n) is 7.19. The fourth-order valence-corrected chi connectivity index (χ4v) is 3.72. The van der Waals surface area contributed by atoms with Gasteiger partial charge >= 0.3 is 0 Å². The molecule has 3 rings (SSSR count). The van der Waals surface area contributed by atoms with Crippen LogP contribution in [0.1, 0.15) is 45.0 Å². The molecule has 1 aromatic rings. The highest BCUT2D eigenvalue weighted by Gasteiger charge is 2.38. The lowest BCUT2D eigenvalue weighted by atomic mass is 9.96. The highest BCUT2D eigenvalue weighted by atomic mass is 15.3.